The van der Waals surface area contributed by atoms with E-state index in [1.807, 2.05) is 36.7 Å². The summed E-state index contributed by atoms with van der Waals surface area (Å²) < 4.78 is 7.49. The van der Waals surface area contributed by atoms with Crippen LogP contribution >= 0.6 is 0 Å². The van der Waals surface area contributed by atoms with Crippen LogP contribution in [0.25, 0.3) is 5.69 Å². The fourth-order valence-electron chi connectivity index (χ4n) is 3.27. The third kappa shape index (κ3) is 3.09. The first kappa shape index (κ1) is 15.6. The largest absolute Gasteiger partial charge is 0.494 e. The number of nitrogens with one attached hydrogen (secondary N) is 1. The minimum absolute atomic E-state index is 0.0129. The van der Waals surface area contributed by atoms with Gasteiger partial charge in [-0.25, -0.2) is 4.98 Å². The summed E-state index contributed by atoms with van der Waals surface area (Å²) in [6.45, 7) is 3.87. The fraction of sp³-hybridized carbons (Fsp3) is 0.444. The molecule has 23 heavy (non-hydrogen) atoms. The van der Waals surface area contributed by atoms with E-state index < -0.39 is 0 Å². The number of methoxy groups -OCH3 is 1. The van der Waals surface area contributed by atoms with E-state index in [-0.39, 0.29) is 5.91 Å². The number of ether oxygens (including phenoxy) is 1. The van der Waals surface area contributed by atoms with Crippen LogP contribution in [-0.4, -0.2) is 28.6 Å². The number of hydrogen-bond acceptors (Lipinski definition) is 3. The predicted molar refractivity (Wildman–Crippen MR) is 89.3 cm³/mol. The number of hydrogen-bond donors (Lipinski definition) is 1. The molecule has 1 aliphatic rings. The maximum absolute atomic E-state index is 12.6. The first-order valence-electron chi connectivity index (χ1n) is 8.09. The summed E-state index contributed by atoms with van der Waals surface area (Å²) >= 11 is 0. The molecule has 0 aliphatic heterocycles. The molecule has 1 aromatic heterocycles. The quantitative estimate of drug-likeness (QED) is 0.943. The highest BCUT2D eigenvalue weighted by molar-refractivity contribution is 5.97. The molecular formula is C18H23N3O2. The van der Waals surface area contributed by atoms with Crippen LogP contribution in [-0.2, 0) is 0 Å². The molecule has 122 valence electrons. The van der Waals surface area contributed by atoms with Crippen molar-refractivity contribution >= 4 is 5.91 Å². The Balaban J connectivity index is 1.92. The maximum atomic E-state index is 12.6. The molecule has 2 aromatic rings. The predicted octanol–water partition coefficient (Wildman–Crippen LogP) is 3.17. The van der Waals surface area contributed by atoms with Crippen LogP contribution in [0.3, 0.4) is 0 Å². The Morgan fingerprint density at radius 1 is 1.30 bits per heavy atom. The van der Waals surface area contributed by atoms with Gasteiger partial charge in [0.2, 0.25) is 0 Å². The van der Waals surface area contributed by atoms with E-state index in [1.54, 1.807) is 13.4 Å². The first-order valence-corrected chi connectivity index (χ1v) is 8.09. The fourth-order valence-corrected chi connectivity index (χ4v) is 3.27. The molecule has 1 heterocycles. The van der Waals surface area contributed by atoms with Crippen LogP contribution in [0, 0.1) is 13.8 Å². The molecule has 1 saturated carbocycles. The highest BCUT2D eigenvalue weighted by atomic mass is 16.5. The number of amides is 1. The van der Waals surface area contributed by atoms with Crippen molar-refractivity contribution in [3.63, 3.8) is 0 Å². The third-order valence-corrected chi connectivity index (χ3v) is 4.51. The van der Waals surface area contributed by atoms with E-state index in [2.05, 4.69) is 10.3 Å². The molecule has 0 radical (unpaired) electrons. The van der Waals surface area contributed by atoms with Gasteiger partial charge in [0, 0.05) is 23.4 Å². The summed E-state index contributed by atoms with van der Waals surface area (Å²) in [6, 6.07) is 4.09. The van der Waals surface area contributed by atoms with Crippen LogP contribution in [0.1, 0.15) is 47.3 Å². The van der Waals surface area contributed by atoms with E-state index in [1.165, 1.54) is 12.8 Å². The number of carbonyl (C=O) groups is 1. The van der Waals surface area contributed by atoms with Crippen molar-refractivity contribution in [3.05, 3.63) is 41.5 Å². The summed E-state index contributed by atoms with van der Waals surface area (Å²) in [4.78, 5) is 16.8. The lowest BCUT2D eigenvalue weighted by Gasteiger charge is -2.17. The molecule has 5 heteroatoms. The molecule has 1 aromatic carbocycles. The van der Waals surface area contributed by atoms with Gasteiger partial charge in [0.25, 0.3) is 5.91 Å². The van der Waals surface area contributed by atoms with Gasteiger partial charge in [0.1, 0.15) is 5.75 Å². The number of aryl methyl sites for hydroxylation is 1. The molecule has 0 unspecified atom stereocenters. The second-order valence-corrected chi connectivity index (χ2v) is 6.17. The molecule has 1 N–H and O–H groups in total. The lowest BCUT2D eigenvalue weighted by atomic mass is 10.0. The average Bonchev–Trinajstić information content (AvgIpc) is 3.18. The van der Waals surface area contributed by atoms with Gasteiger partial charge in [-0.15, -0.1) is 0 Å². The summed E-state index contributed by atoms with van der Waals surface area (Å²) in [5.74, 6) is 0.697. The number of aromatic nitrogens is 2. The zero-order valence-corrected chi connectivity index (χ0v) is 13.9. The summed E-state index contributed by atoms with van der Waals surface area (Å²) in [6.07, 6.45) is 8.25. The van der Waals surface area contributed by atoms with Gasteiger partial charge in [-0.05, 0) is 38.8 Å². The highest BCUT2D eigenvalue weighted by Crippen LogP contribution is 2.30. The van der Waals surface area contributed by atoms with E-state index in [9.17, 15) is 4.79 Å². The second kappa shape index (κ2) is 6.44. The molecule has 1 amide bonds. The minimum atomic E-state index is -0.0129. The zero-order valence-electron chi connectivity index (χ0n) is 13.9. The summed E-state index contributed by atoms with van der Waals surface area (Å²) in [7, 11) is 1.63. The van der Waals surface area contributed by atoms with Crippen LogP contribution in [0.5, 0.6) is 5.75 Å². The number of rotatable bonds is 4. The molecule has 1 aliphatic carbocycles. The van der Waals surface area contributed by atoms with E-state index in [0.29, 0.717) is 17.4 Å². The molecule has 0 saturated heterocycles. The van der Waals surface area contributed by atoms with Crippen LogP contribution in [0.4, 0.5) is 0 Å². The SMILES string of the molecule is COc1c(-n2cnc(C)c2)ccc(C(=O)NC2CCCC2)c1C. The summed E-state index contributed by atoms with van der Waals surface area (Å²) in [5.41, 5.74) is 3.36. The molecular weight excluding hydrogens is 290 g/mol. The molecule has 0 bridgehead atoms. The monoisotopic (exact) mass is 313 g/mol. The van der Waals surface area contributed by atoms with Gasteiger partial charge in [-0.3, -0.25) is 4.79 Å². The van der Waals surface area contributed by atoms with Crippen molar-refractivity contribution in [2.24, 2.45) is 0 Å². The smallest absolute Gasteiger partial charge is 0.251 e. The number of benzene rings is 1. The maximum Gasteiger partial charge on any atom is 0.251 e. The van der Waals surface area contributed by atoms with Crippen molar-refractivity contribution in [1.82, 2.24) is 14.9 Å². The first-order chi connectivity index (χ1) is 11.1. The van der Waals surface area contributed by atoms with Gasteiger partial charge >= 0.3 is 0 Å². The topological polar surface area (TPSA) is 56.2 Å². The molecule has 0 spiro atoms. The number of nitrogens with zero attached hydrogens (tertiary/aromatic N) is 2. The normalized spacial score (nSPS) is 14.9. The van der Waals surface area contributed by atoms with Crippen molar-refractivity contribution in [1.29, 1.82) is 0 Å². The Kier molecular flexibility index (Phi) is 4.37. The Morgan fingerprint density at radius 3 is 2.65 bits per heavy atom. The highest BCUT2D eigenvalue weighted by Gasteiger charge is 2.21. The van der Waals surface area contributed by atoms with Gasteiger partial charge in [0.05, 0.1) is 24.8 Å². The van der Waals surface area contributed by atoms with Crippen molar-refractivity contribution in [2.75, 3.05) is 7.11 Å². The molecule has 5 nitrogen and oxygen atoms in total. The second-order valence-electron chi connectivity index (χ2n) is 6.17. The average molecular weight is 313 g/mol. The van der Waals surface area contributed by atoms with Gasteiger partial charge in [-0.1, -0.05) is 12.8 Å². The van der Waals surface area contributed by atoms with Crippen molar-refractivity contribution in [3.8, 4) is 11.4 Å². The van der Waals surface area contributed by atoms with Gasteiger partial charge < -0.3 is 14.6 Å². The molecule has 1 fully saturated rings. The Bertz CT molecular complexity index is 715. The lowest BCUT2D eigenvalue weighted by Crippen LogP contribution is -2.33. The Hall–Kier alpha value is -2.30. The van der Waals surface area contributed by atoms with Crippen LogP contribution in [0.15, 0.2) is 24.7 Å². The Morgan fingerprint density at radius 2 is 2.04 bits per heavy atom. The van der Waals surface area contributed by atoms with Crippen LogP contribution in [0.2, 0.25) is 0 Å². The third-order valence-electron chi connectivity index (χ3n) is 4.51. The zero-order chi connectivity index (χ0) is 16.4. The number of carbonyl (C=O) groups excluding carboxylic acids is 1. The minimum Gasteiger partial charge on any atom is -0.494 e. The van der Waals surface area contributed by atoms with Crippen molar-refractivity contribution < 1.29 is 9.53 Å². The van der Waals surface area contributed by atoms with Crippen LogP contribution < -0.4 is 10.1 Å². The summed E-state index contributed by atoms with van der Waals surface area (Å²) in [5, 5.41) is 3.14. The number of imidazole rings is 1. The van der Waals surface area contributed by atoms with Gasteiger partial charge in [-0.2, -0.15) is 0 Å². The standard InChI is InChI=1S/C18H23N3O2/c1-12-10-21(11-19-12)16-9-8-15(13(2)17(16)23-3)18(22)20-14-6-4-5-7-14/h8-11,14H,4-7H2,1-3H3,(H,20,22). The van der Waals surface area contributed by atoms with Gasteiger partial charge in [0.15, 0.2) is 0 Å². The van der Waals surface area contributed by atoms with E-state index in [4.69, 9.17) is 4.74 Å². The van der Waals surface area contributed by atoms with E-state index >= 15 is 0 Å². The Labute approximate surface area is 136 Å². The molecule has 3 rings (SSSR count). The van der Waals surface area contributed by atoms with E-state index in [0.717, 1.165) is 29.8 Å². The molecule has 0 atom stereocenters. The lowest BCUT2D eigenvalue weighted by molar-refractivity contribution is 0.0937. The van der Waals surface area contributed by atoms with Crippen molar-refractivity contribution in [2.45, 2.75) is 45.6 Å².